The molecule has 140 valence electrons. The molecule has 0 bridgehead atoms. The lowest BCUT2D eigenvalue weighted by Gasteiger charge is -2.05. The number of amides is 1. The Kier molecular flexibility index (Phi) is 5.83. The van der Waals surface area contributed by atoms with Crippen molar-refractivity contribution in [3.05, 3.63) is 53.6 Å². The summed E-state index contributed by atoms with van der Waals surface area (Å²) in [6.07, 6.45) is 1.12. The summed E-state index contributed by atoms with van der Waals surface area (Å²) in [6.45, 7) is 0. The van der Waals surface area contributed by atoms with Crippen LogP contribution in [0.15, 0.2) is 63.1 Å². The lowest BCUT2D eigenvalue weighted by Crippen LogP contribution is -2.14. The highest BCUT2D eigenvalue weighted by atomic mass is 35.5. The molecule has 0 saturated carbocycles. The quantitative estimate of drug-likeness (QED) is 0.605. The number of hydrogen-bond donors (Lipinski definition) is 1. The molecular weight excluding hydrogens is 410 g/mol. The van der Waals surface area contributed by atoms with Crippen molar-refractivity contribution in [1.29, 1.82) is 0 Å². The maximum atomic E-state index is 12.0. The molecule has 27 heavy (non-hydrogen) atoms. The Morgan fingerprint density at radius 2 is 1.78 bits per heavy atom. The molecule has 0 unspecified atom stereocenters. The van der Waals surface area contributed by atoms with E-state index in [0.29, 0.717) is 16.6 Å². The Bertz CT molecular complexity index is 1050. The van der Waals surface area contributed by atoms with E-state index >= 15 is 0 Å². The summed E-state index contributed by atoms with van der Waals surface area (Å²) in [5, 5.41) is 11.4. The molecule has 7 nitrogen and oxygen atoms in total. The Hall–Kier alpha value is -2.36. The van der Waals surface area contributed by atoms with Crippen LogP contribution < -0.4 is 5.32 Å². The summed E-state index contributed by atoms with van der Waals surface area (Å²) in [6, 6.07) is 12.9. The zero-order valence-corrected chi connectivity index (χ0v) is 16.4. The maximum absolute atomic E-state index is 12.0. The third-order valence-corrected chi connectivity index (χ3v) is 5.59. The monoisotopic (exact) mass is 423 g/mol. The predicted octanol–water partition coefficient (Wildman–Crippen LogP) is 3.52. The zero-order valence-electron chi connectivity index (χ0n) is 14.0. The van der Waals surface area contributed by atoms with E-state index in [4.69, 9.17) is 16.0 Å². The fraction of sp³-hybridized carbons (Fsp3) is 0.118. The first kappa shape index (κ1) is 19.4. The van der Waals surface area contributed by atoms with Crippen molar-refractivity contribution in [1.82, 2.24) is 10.2 Å². The third-order valence-electron chi connectivity index (χ3n) is 3.39. The summed E-state index contributed by atoms with van der Waals surface area (Å²) in [7, 11) is -3.27. The Morgan fingerprint density at radius 3 is 2.41 bits per heavy atom. The van der Waals surface area contributed by atoms with E-state index in [1.165, 1.54) is 24.3 Å². The van der Waals surface area contributed by atoms with Crippen LogP contribution in [0.4, 0.5) is 5.69 Å². The normalized spacial score (nSPS) is 11.3. The molecule has 3 aromatic rings. The van der Waals surface area contributed by atoms with E-state index in [1.807, 2.05) is 0 Å². The van der Waals surface area contributed by atoms with Crippen LogP contribution >= 0.6 is 23.4 Å². The predicted molar refractivity (Wildman–Crippen MR) is 104 cm³/mol. The summed E-state index contributed by atoms with van der Waals surface area (Å²) >= 11 is 6.94. The molecule has 1 heterocycles. The first-order chi connectivity index (χ1) is 12.8. The van der Waals surface area contributed by atoms with E-state index in [2.05, 4.69) is 15.5 Å². The van der Waals surface area contributed by atoms with Crippen LogP contribution in [-0.2, 0) is 14.6 Å². The number of rotatable bonds is 6. The first-order valence-electron chi connectivity index (χ1n) is 7.63. The summed E-state index contributed by atoms with van der Waals surface area (Å²) in [4.78, 5) is 12.2. The molecule has 1 amide bonds. The Morgan fingerprint density at radius 1 is 1.11 bits per heavy atom. The van der Waals surface area contributed by atoms with Crippen molar-refractivity contribution in [3.63, 3.8) is 0 Å². The average Bonchev–Trinajstić information content (AvgIpc) is 3.09. The Balaban J connectivity index is 1.56. The van der Waals surface area contributed by atoms with Crippen LogP contribution in [0.1, 0.15) is 0 Å². The molecule has 0 spiro atoms. The van der Waals surface area contributed by atoms with Gasteiger partial charge in [-0.1, -0.05) is 23.4 Å². The number of anilines is 1. The highest BCUT2D eigenvalue weighted by Crippen LogP contribution is 2.24. The van der Waals surface area contributed by atoms with E-state index in [0.717, 1.165) is 23.6 Å². The van der Waals surface area contributed by atoms with Gasteiger partial charge in [0.05, 0.1) is 10.6 Å². The molecule has 1 aromatic heterocycles. The first-order valence-corrected chi connectivity index (χ1v) is 10.9. The van der Waals surface area contributed by atoms with Crippen LogP contribution in [0.5, 0.6) is 0 Å². The number of carbonyl (C=O) groups is 1. The SMILES string of the molecule is CS(=O)(=O)c1ccc(NC(=O)CSc2nnc(-c3ccc(Cl)cc3)o2)cc1. The van der Waals surface area contributed by atoms with E-state index in [1.54, 1.807) is 24.3 Å². The van der Waals surface area contributed by atoms with Crippen LogP contribution in [0, 0.1) is 0 Å². The number of nitrogens with zero attached hydrogens (tertiary/aromatic N) is 2. The third kappa shape index (κ3) is 5.31. The van der Waals surface area contributed by atoms with Gasteiger partial charge in [0.2, 0.25) is 11.8 Å². The van der Waals surface area contributed by atoms with Gasteiger partial charge in [0.1, 0.15) is 0 Å². The molecule has 2 aromatic carbocycles. The van der Waals surface area contributed by atoms with Crippen molar-refractivity contribution < 1.29 is 17.6 Å². The molecule has 0 atom stereocenters. The van der Waals surface area contributed by atoms with E-state index in [-0.39, 0.29) is 21.8 Å². The lowest BCUT2D eigenvalue weighted by molar-refractivity contribution is -0.113. The number of sulfone groups is 1. The number of nitrogens with one attached hydrogen (secondary N) is 1. The number of carbonyl (C=O) groups excluding carboxylic acids is 1. The van der Waals surface area contributed by atoms with Gasteiger partial charge in [-0.05, 0) is 48.5 Å². The van der Waals surface area contributed by atoms with Crippen LogP contribution in [0.2, 0.25) is 5.02 Å². The van der Waals surface area contributed by atoms with Crippen LogP contribution in [0.3, 0.4) is 0 Å². The van der Waals surface area contributed by atoms with Gasteiger partial charge in [0.25, 0.3) is 5.22 Å². The van der Waals surface area contributed by atoms with Gasteiger partial charge in [-0.2, -0.15) is 0 Å². The smallest absolute Gasteiger partial charge is 0.277 e. The van der Waals surface area contributed by atoms with Gasteiger partial charge < -0.3 is 9.73 Å². The van der Waals surface area contributed by atoms with Gasteiger partial charge in [0, 0.05) is 22.5 Å². The fourth-order valence-electron chi connectivity index (χ4n) is 2.09. The number of aromatic nitrogens is 2. The van der Waals surface area contributed by atoms with Crippen LogP contribution in [-0.4, -0.2) is 36.5 Å². The fourth-order valence-corrected chi connectivity index (χ4v) is 3.41. The second-order valence-corrected chi connectivity index (χ2v) is 8.89. The van der Waals surface area contributed by atoms with Crippen molar-refractivity contribution in [2.75, 3.05) is 17.3 Å². The van der Waals surface area contributed by atoms with Crippen LogP contribution in [0.25, 0.3) is 11.5 Å². The molecule has 0 radical (unpaired) electrons. The second kappa shape index (κ2) is 8.12. The van der Waals surface area contributed by atoms with Gasteiger partial charge >= 0.3 is 0 Å². The Labute approximate surface area is 165 Å². The molecule has 3 rings (SSSR count). The molecule has 0 saturated heterocycles. The molecule has 0 aliphatic heterocycles. The summed E-state index contributed by atoms with van der Waals surface area (Å²) in [5.74, 6) is 0.125. The number of hydrogen-bond acceptors (Lipinski definition) is 7. The highest BCUT2D eigenvalue weighted by Gasteiger charge is 2.12. The molecule has 1 N–H and O–H groups in total. The number of benzene rings is 2. The highest BCUT2D eigenvalue weighted by molar-refractivity contribution is 7.99. The summed E-state index contributed by atoms with van der Waals surface area (Å²) in [5.41, 5.74) is 1.23. The van der Waals surface area contributed by atoms with Gasteiger partial charge in [-0.25, -0.2) is 8.42 Å². The molecule has 10 heteroatoms. The second-order valence-electron chi connectivity index (χ2n) is 5.51. The molecule has 0 aliphatic rings. The minimum atomic E-state index is -3.27. The standard InChI is InChI=1S/C17H14ClN3O4S2/c1-27(23,24)14-8-6-13(7-9-14)19-15(22)10-26-17-21-20-16(25-17)11-2-4-12(18)5-3-11/h2-9H,10H2,1H3,(H,19,22). The maximum Gasteiger partial charge on any atom is 0.277 e. The van der Waals surface area contributed by atoms with E-state index < -0.39 is 9.84 Å². The molecular formula is C17H14ClN3O4S2. The van der Waals surface area contributed by atoms with Crippen molar-refractivity contribution in [3.8, 4) is 11.5 Å². The average molecular weight is 424 g/mol. The molecule has 0 fully saturated rings. The lowest BCUT2D eigenvalue weighted by atomic mass is 10.2. The topological polar surface area (TPSA) is 102 Å². The molecule has 0 aliphatic carbocycles. The minimum Gasteiger partial charge on any atom is -0.411 e. The van der Waals surface area contributed by atoms with E-state index in [9.17, 15) is 13.2 Å². The van der Waals surface area contributed by atoms with Crippen molar-refractivity contribution in [2.45, 2.75) is 10.1 Å². The minimum absolute atomic E-state index is 0.0656. The van der Waals surface area contributed by atoms with Crippen molar-refractivity contribution >= 4 is 44.8 Å². The number of halogens is 1. The summed E-state index contributed by atoms with van der Waals surface area (Å²) < 4.78 is 28.4. The largest absolute Gasteiger partial charge is 0.411 e. The number of thioether (sulfide) groups is 1. The zero-order chi connectivity index (χ0) is 19.4. The van der Waals surface area contributed by atoms with Crippen molar-refractivity contribution in [2.24, 2.45) is 0 Å². The van der Waals surface area contributed by atoms with Gasteiger partial charge in [-0.3, -0.25) is 4.79 Å². The van der Waals surface area contributed by atoms with Gasteiger partial charge in [0.15, 0.2) is 9.84 Å². The van der Waals surface area contributed by atoms with Gasteiger partial charge in [-0.15, -0.1) is 10.2 Å².